The van der Waals surface area contributed by atoms with Crippen molar-refractivity contribution in [3.63, 3.8) is 0 Å². The molecule has 2 aliphatic carbocycles. The van der Waals surface area contributed by atoms with E-state index < -0.39 is 0 Å². The summed E-state index contributed by atoms with van der Waals surface area (Å²) in [6.45, 7) is 9.93. The summed E-state index contributed by atoms with van der Waals surface area (Å²) >= 11 is 4.62. The molecular formula is C15H18O3S. The summed E-state index contributed by atoms with van der Waals surface area (Å²) in [5.41, 5.74) is 1.57. The van der Waals surface area contributed by atoms with Crippen molar-refractivity contribution >= 4 is 24.4 Å². The molecule has 3 nitrogen and oxygen atoms in total. The summed E-state index contributed by atoms with van der Waals surface area (Å²) in [7, 11) is 0. The van der Waals surface area contributed by atoms with E-state index in [0.717, 1.165) is 12.0 Å². The number of thiol groups is 1. The highest BCUT2D eigenvalue weighted by Gasteiger charge is 2.56. The van der Waals surface area contributed by atoms with E-state index >= 15 is 0 Å². The van der Waals surface area contributed by atoms with Crippen molar-refractivity contribution in [2.45, 2.75) is 31.1 Å². The van der Waals surface area contributed by atoms with E-state index in [4.69, 9.17) is 4.74 Å². The monoisotopic (exact) mass is 278 g/mol. The van der Waals surface area contributed by atoms with E-state index in [1.165, 1.54) is 0 Å². The van der Waals surface area contributed by atoms with Crippen LogP contribution in [0.5, 0.6) is 0 Å². The molecule has 0 spiro atoms. The zero-order valence-electron chi connectivity index (χ0n) is 11.0. The van der Waals surface area contributed by atoms with Crippen molar-refractivity contribution in [1.82, 2.24) is 0 Å². The molecule has 4 heteroatoms. The van der Waals surface area contributed by atoms with Crippen molar-refractivity contribution < 1.29 is 14.3 Å². The number of ether oxygens (including phenoxy) is 1. The highest BCUT2D eigenvalue weighted by Crippen LogP contribution is 2.52. The lowest BCUT2D eigenvalue weighted by molar-refractivity contribution is -0.143. The topological polar surface area (TPSA) is 43.4 Å². The Morgan fingerprint density at radius 3 is 2.63 bits per heavy atom. The molecule has 2 saturated carbocycles. The van der Waals surface area contributed by atoms with Gasteiger partial charge in [-0.15, -0.1) is 0 Å². The van der Waals surface area contributed by atoms with Gasteiger partial charge in [0.15, 0.2) is 0 Å². The maximum Gasteiger partial charge on any atom is 0.334 e. The van der Waals surface area contributed by atoms with E-state index in [2.05, 4.69) is 25.8 Å². The third-order valence-corrected chi connectivity index (χ3v) is 5.53. The van der Waals surface area contributed by atoms with E-state index in [0.29, 0.717) is 12.0 Å². The lowest BCUT2D eigenvalue weighted by Crippen LogP contribution is -2.34. The number of allylic oxidation sites excluding steroid dienone is 1. The van der Waals surface area contributed by atoms with Gasteiger partial charge in [-0.1, -0.05) is 25.7 Å². The maximum atomic E-state index is 12.0. The predicted molar refractivity (Wildman–Crippen MR) is 74.8 cm³/mol. The molecule has 1 aliphatic heterocycles. The number of carbonyl (C=O) groups is 2. The third kappa shape index (κ3) is 1.72. The highest BCUT2D eigenvalue weighted by molar-refractivity contribution is 7.81. The fraction of sp³-hybridized carbons (Fsp3) is 0.600. The molecule has 0 bridgehead atoms. The Labute approximate surface area is 118 Å². The van der Waals surface area contributed by atoms with Crippen LogP contribution in [0.25, 0.3) is 0 Å². The SMILES string of the molecule is C=C1CC(S)C2C(=C)C(=O)OC2C2C(C)C(=O)CC12. The molecule has 0 aromatic carbocycles. The number of hydrogen-bond acceptors (Lipinski definition) is 4. The predicted octanol–water partition coefficient (Wildman–Crippen LogP) is 2.18. The lowest BCUT2D eigenvalue weighted by Gasteiger charge is -2.28. The summed E-state index contributed by atoms with van der Waals surface area (Å²) in [5.74, 6) is -0.0633. The van der Waals surface area contributed by atoms with Crippen molar-refractivity contribution in [2.24, 2.45) is 23.7 Å². The number of hydrogen-bond donors (Lipinski definition) is 1. The van der Waals surface area contributed by atoms with Crippen LogP contribution in [0, 0.1) is 23.7 Å². The van der Waals surface area contributed by atoms with Crippen LogP contribution in [0.2, 0.25) is 0 Å². The number of rotatable bonds is 0. The van der Waals surface area contributed by atoms with Crippen LogP contribution in [0.3, 0.4) is 0 Å². The molecule has 6 atom stereocenters. The molecule has 3 aliphatic rings. The summed E-state index contributed by atoms with van der Waals surface area (Å²) < 4.78 is 5.53. The molecule has 3 fully saturated rings. The summed E-state index contributed by atoms with van der Waals surface area (Å²) in [6, 6.07) is 0. The van der Waals surface area contributed by atoms with Gasteiger partial charge in [-0.05, 0) is 12.3 Å². The van der Waals surface area contributed by atoms with Gasteiger partial charge in [0.05, 0.1) is 0 Å². The second-order valence-corrected chi connectivity index (χ2v) is 6.66. The molecule has 0 aromatic rings. The largest absolute Gasteiger partial charge is 0.458 e. The van der Waals surface area contributed by atoms with Crippen molar-refractivity contribution in [3.05, 3.63) is 24.3 Å². The average Bonchev–Trinajstić information content (AvgIpc) is 2.75. The van der Waals surface area contributed by atoms with Crippen molar-refractivity contribution in [1.29, 1.82) is 0 Å². The Morgan fingerprint density at radius 1 is 1.26 bits per heavy atom. The zero-order chi connectivity index (χ0) is 13.9. The van der Waals surface area contributed by atoms with Crippen LogP contribution >= 0.6 is 12.6 Å². The minimum absolute atomic E-state index is 0.00403. The Hall–Kier alpha value is -1.03. The highest BCUT2D eigenvalue weighted by atomic mass is 32.1. The Balaban J connectivity index is 2.05. The van der Waals surface area contributed by atoms with Gasteiger partial charge in [0.25, 0.3) is 0 Å². The summed E-state index contributed by atoms with van der Waals surface area (Å²) in [5, 5.41) is 0.00403. The first-order valence-electron chi connectivity index (χ1n) is 6.70. The van der Waals surface area contributed by atoms with Crippen molar-refractivity contribution in [3.8, 4) is 0 Å². The standard InChI is InChI=1S/C15H18O3S/c1-6-4-11(19)13-8(3)15(17)18-14(13)12-7(2)10(16)5-9(6)12/h7,9,11-14,19H,1,3-5H2,2H3. The fourth-order valence-electron chi connectivity index (χ4n) is 3.95. The van der Waals surface area contributed by atoms with E-state index in [-0.39, 0.29) is 46.8 Å². The van der Waals surface area contributed by atoms with E-state index in [1.807, 2.05) is 6.92 Å². The van der Waals surface area contributed by atoms with Crippen LogP contribution < -0.4 is 0 Å². The third-order valence-electron chi connectivity index (χ3n) is 5.02. The first kappa shape index (κ1) is 13.0. The van der Waals surface area contributed by atoms with Gasteiger partial charge >= 0.3 is 5.97 Å². The van der Waals surface area contributed by atoms with Crippen LogP contribution in [-0.2, 0) is 14.3 Å². The molecule has 1 saturated heterocycles. The molecule has 6 unspecified atom stereocenters. The van der Waals surface area contributed by atoms with Gasteiger partial charge in [-0.3, -0.25) is 4.79 Å². The minimum atomic E-state index is -0.327. The Morgan fingerprint density at radius 2 is 1.95 bits per heavy atom. The van der Waals surface area contributed by atoms with Gasteiger partial charge in [-0.2, -0.15) is 12.6 Å². The number of Topliss-reactive ketones (excluding diaryl/α,β-unsaturated/α-hetero) is 1. The molecule has 102 valence electrons. The smallest absolute Gasteiger partial charge is 0.334 e. The molecule has 1 heterocycles. The number of carbonyl (C=O) groups excluding carboxylic acids is 2. The van der Waals surface area contributed by atoms with Gasteiger partial charge in [0, 0.05) is 35.0 Å². The number of esters is 1. The second-order valence-electron chi connectivity index (χ2n) is 5.99. The van der Waals surface area contributed by atoms with Crippen LogP contribution in [0.1, 0.15) is 19.8 Å². The maximum absolute atomic E-state index is 12.0. The molecule has 0 aromatic heterocycles. The number of fused-ring (bicyclic) bond motifs is 3. The van der Waals surface area contributed by atoms with Gasteiger partial charge in [0.1, 0.15) is 11.9 Å². The average molecular weight is 278 g/mol. The molecule has 0 radical (unpaired) electrons. The first-order chi connectivity index (χ1) is 8.91. The van der Waals surface area contributed by atoms with Crippen LogP contribution in [-0.4, -0.2) is 23.1 Å². The quantitative estimate of drug-likeness (QED) is 0.320. The van der Waals surface area contributed by atoms with Gasteiger partial charge < -0.3 is 4.74 Å². The van der Waals surface area contributed by atoms with E-state index in [1.54, 1.807) is 0 Å². The zero-order valence-corrected chi connectivity index (χ0v) is 11.9. The Kier molecular flexibility index (Phi) is 2.89. The second kappa shape index (κ2) is 4.23. The van der Waals surface area contributed by atoms with Gasteiger partial charge in [-0.25, -0.2) is 4.79 Å². The minimum Gasteiger partial charge on any atom is -0.458 e. The molecular weight excluding hydrogens is 260 g/mol. The number of ketones is 1. The first-order valence-corrected chi connectivity index (χ1v) is 7.21. The Bertz CT molecular complexity index is 496. The summed E-state index contributed by atoms with van der Waals surface area (Å²) in [6.07, 6.45) is 0.993. The lowest BCUT2D eigenvalue weighted by atomic mass is 9.79. The molecule has 0 amide bonds. The van der Waals surface area contributed by atoms with Crippen LogP contribution in [0.4, 0.5) is 0 Å². The van der Waals surface area contributed by atoms with Crippen LogP contribution in [0.15, 0.2) is 24.3 Å². The normalized spacial score (nSPS) is 45.8. The molecule has 3 rings (SSSR count). The summed E-state index contributed by atoms with van der Waals surface area (Å²) in [4.78, 5) is 23.8. The molecule has 19 heavy (non-hydrogen) atoms. The molecule has 0 N–H and O–H groups in total. The van der Waals surface area contributed by atoms with Crippen molar-refractivity contribution in [2.75, 3.05) is 0 Å². The van der Waals surface area contributed by atoms with Gasteiger partial charge in [0.2, 0.25) is 0 Å². The fourth-order valence-corrected chi connectivity index (χ4v) is 4.54. The van der Waals surface area contributed by atoms with E-state index in [9.17, 15) is 9.59 Å².